The van der Waals surface area contributed by atoms with Crippen LogP contribution in [0.1, 0.15) is 29.8 Å². The SMILES string of the molecule is CCOC(=O)C(Cc1ccccc1)(C(C)=O)C(=O)c1ccccc1. The van der Waals surface area contributed by atoms with Gasteiger partial charge in [0.1, 0.15) is 0 Å². The second-order valence-electron chi connectivity index (χ2n) is 5.54. The van der Waals surface area contributed by atoms with Gasteiger partial charge < -0.3 is 4.74 Å². The van der Waals surface area contributed by atoms with E-state index in [1.165, 1.54) is 6.92 Å². The van der Waals surface area contributed by atoms with Crippen LogP contribution in [0.25, 0.3) is 0 Å². The lowest BCUT2D eigenvalue weighted by atomic mass is 9.72. The summed E-state index contributed by atoms with van der Waals surface area (Å²) in [7, 11) is 0. The summed E-state index contributed by atoms with van der Waals surface area (Å²) in [6, 6.07) is 17.4. The van der Waals surface area contributed by atoms with Crippen LogP contribution in [0, 0.1) is 5.41 Å². The van der Waals surface area contributed by atoms with Crippen LogP contribution >= 0.6 is 0 Å². The summed E-state index contributed by atoms with van der Waals surface area (Å²) in [4.78, 5) is 38.2. The number of carbonyl (C=O) groups is 3. The summed E-state index contributed by atoms with van der Waals surface area (Å²) in [5.41, 5.74) is -0.819. The molecule has 0 saturated carbocycles. The van der Waals surface area contributed by atoms with Crippen molar-refractivity contribution < 1.29 is 19.1 Å². The maximum absolute atomic E-state index is 13.1. The van der Waals surface area contributed by atoms with E-state index >= 15 is 0 Å². The third-order valence-corrected chi connectivity index (χ3v) is 3.96. The van der Waals surface area contributed by atoms with E-state index in [1.54, 1.807) is 61.5 Å². The van der Waals surface area contributed by atoms with Gasteiger partial charge in [-0.15, -0.1) is 0 Å². The zero-order valence-corrected chi connectivity index (χ0v) is 13.8. The summed E-state index contributed by atoms with van der Waals surface area (Å²) in [6.07, 6.45) is -0.0181. The van der Waals surface area contributed by atoms with Crippen molar-refractivity contribution >= 4 is 17.5 Å². The van der Waals surface area contributed by atoms with Crippen molar-refractivity contribution in [2.75, 3.05) is 6.61 Å². The van der Waals surface area contributed by atoms with Gasteiger partial charge in [0, 0.05) is 12.0 Å². The van der Waals surface area contributed by atoms with Gasteiger partial charge in [-0.3, -0.25) is 14.4 Å². The number of hydrogen-bond acceptors (Lipinski definition) is 4. The molecule has 0 N–H and O–H groups in total. The van der Waals surface area contributed by atoms with Crippen LogP contribution < -0.4 is 0 Å². The zero-order chi connectivity index (χ0) is 17.6. The van der Waals surface area contributed by atoms with Gasteiger partial charge in [-0.05, 0) is 19.4 Å². The molecule has 0 aromatic heterocycles. The van der Waals surface area contributed by atoms with Crippen LogP contribution in [0.4, 0.5) is 0 Å². The van der Waals surface area contributed by atoms with Crippen molar-refractivity contribution in [2.45, 2.75) is 20.3 Å². The number of esters is 1. The third-order valence-electron chi connectivity index (χ3n) is 3.96. The molecule has 0 saturated heterocycles. The Morgan fingerprint density at radius 3 is 1.96 bits per heavy atom. The molecule has 1 unspecified atom stereocenters. The van der Waals surface area contributed by atoms with Crippen LogP contribution in [-0.2, 0) is 20.7 Å². The lowest BCUT2D eigenvalue weighted by Crippen LogP contribution is -2.48. The van der Waals surface area contributed by atoms with Crippen molar-refractivity contribution in [2.24, 2.45) is 5.41 Å². The third kappa shape index (κ3) is 3.43. The van der Waals surface area contributed by atoms with Gasteiger partial charge in [0.05, 0.1) is 6.61 Å². The molecule has 0 aliphatic heterocycles. The maximum atomic E-state index is 13.1. The molecule has 2 aromatic carbocycles. The Morgan fingerprint density at radius 2 is 1.46 bits per heavy atom. The van der Waals surface area contributed by atoms with Gasteiger partial charge in [0.15, 0.2) is 17.0 Å². The minimum absolute atomic E-state index is 0.0181. The summed E-state index contributed by atoms with van der Waals surface area (Å²) < 4.78 is 5.10. The minimum Gasteiger partial charge on any atom is -0.465 e. The molecule has 0 aliphatic rings. The quantitative estimate of drug-likeness (QED) is 0.445. The van der Waals surface area contributed by atoms with Crippen LogP contribution in [0.15, 0.2) is 60.7 Å². The van der Waals surface area contributed by atoms with Gasteiger partial charge in [-0.25, -0.2) is 0 Å². The first-order chi connectivity index (χ1) is 11.5. The Bertz CT molecular complexity index is 722. The van der Waals surface area contributed by atoms with E-state index in [4.69, 9.17) is 4.74 Å². The molecule has 0 aliphatic carbocycles. The van der Waals surface area contributed by atoms with Gasteiger partial charge in [-0.2, -0.15) is 0 Å². The molecule has 0 amide bonds. The first-order valence-electron chi connectivity index (χ1n) is 7.84. The van der Waals surface area contributed by atoms with Crippen molar-refractivity contribution in [1.29, 1.82) is 0 Å². The smallest absolute Gasteiger partial charge is 0.328 e. The molecule has 4 heteroatoms. The van der Waals surface area contributed by atoms with Crippen molar-refractivity contribution in [3.63, 3.8) is 0 Å². The Balaban J connectivity index is 2.55. The highest BCUT2D eigenvalue weighted by Crippen LogP contribution is 2.31. The molecule has 0 radical (unpaired) electrons. The van der Waals surface area contributed by atoms with E-state index in [-0.39, 0.29) is 13.0 Å². The number of Topliss-reactive ketones (excluding diaryl/α,β-unsaturated/α-hetero) is 2. The molecule has 24 heavy (non-hydrogen) atoms. The lowest BCUT2D eigenvalue weighted by Gasteiger charge is -2.27. The standard InChI is InChI=1S/C20H20O4/c1-3-24-19(23)20(15(2)21,14-16-10-6-4-7-11-16)18(22)17-12-8-5-9-13-17/h4-13H,3,14H2,1-2H3. The van der Waals surface area contributed by atoms with E-state index in [2.05, 4.69) is 0 Å². The summed E-state index contributed by atoms with van der Waals surface area (Å²) >= 11 is 0. The van der Waals surface area contributed by atoms with Crippen molar-refractivity contribution in [1.82, 2.24) is 0 Å². The summed E-state index contributed by atoms with van der Waals surface area (Å²) in [6.45, 7) is 3.02. The monoisotopic (exact) mass is 324 g/mol. The highest BCUT2D eigenvalue weighted by atomic mass is 16.5. The largest absolute Gasteiger partial charge is 0.465 e. The van der Waals surface area contributed by atoms with E-state index in [9.17, 15) is 14.4 Å². The average Bonchev–Trinajstić information content (AvgIpc) is 2.60. The van der Waals surface area contributed by atoms with E-state index in [1.807, 2.05) is 6.07 Å². The van der Waals surface area contributed by atoms with Gasteiger partial charge in [-0.1, -0.05) is 60.7 Å². The first-order valence-corrected chi connectivity index (χ1v) is 7.84. The number of benzene rings is 2. The predicted octanol–water partition coefficient (Wildman–Crippen LogP) is 3.25. The fraction of sp³-hybridized carbons (Fsp3) is 0.250. The van der Waals surface area contributed by atoms with Crippen molar-refractivity contribution in [3.05, 3.63) is 71.8 Å². The average molecular weight is 324 g/mol. The molecule has 4 nitrogen and oxygen atoms in total. The molecule has 0 bridgehead atoms. The van der Waals surface area contributed by atoms with Crippen LogP contribution in [0.2, 0.25) is 0 Å². The van der Waals surface area contributed by atoms with E-state index < -0.39 is 23.0 Å². The van der Waals surface area contributed by atoms with Gasteiger partial charge >= 0.3 is 5.97 Å². The first kappa shape index (κ1) is 17.6. The Labute approximate surface area is 141 Å². The number of rotatable bonds is 7. The number of hydrogen-bond donors (Lipinski definition) is 0. The molecule has 124 valence electrons. The Kier molecular flexibility index (Phi) is 5.64. The number of carbonyl (C=O) groups excluding carboxylic acids is 3. The van der Waals surface area contributed by atoms with Crippen LogP contribution in [0.3, 0.4) is 0 Å². The van der Waals surface area contributed by atoms with E-state index in [0.29, 0.717) is 5.56 Å². The van der Waals surface area contributed by atoms with Crippen LogP contribution in [-0.4, -0.2) is 24.1 Å². The van der Waals surface area contributed by atoms with Gasteiger partial charge in [0.2, 0.25) is 0 Å². The normalized spacial score (nSPS) is 12.9. The van der Waals surface area contributed by atoms with E-state index in [0.717, 1.165) is 5.56 Å². The molecule has 2 aromatic rings. The maximum Gasteiger partial charge on any atom is 0.328 e. The fourth-order valence-corrected chi connectivity index (χ4v) is 2.67. The zero-order valence-electron chi connectivity index (χ0n) is 13.8. The molecule has 0 fully saturated rings. The topological polar surface area (TPSA) is 60.4 Å². The molecular weight excluding hydrogens is 304 g/mol. The second kappa shape index (κ2) is 7.68. The highest BCUT2D eigenvalue weighted by Gasteiger charge is 2.51. The second-order valence-corrected chi connectivity index (χ2v) is 5.54. The summed E-state index contributed by atoms with van der Waals surface area (Å²) in [5.74, 6) is -1.84. The Morgan fingerprint density at radius 1 is 0.917 bits per heavy atom. The summed E-state index contributed by atoms with van der Waals surface area (Å²) in [5, 5.41) is 0. The number of ketones is 2. The van der Waals surface area contributed by atoms with Crippen LogP contribution in [0.5, 0.6) is 0 Å². The molecule has 0 spiro atoms. The highest BCUT2D eigenvalue weighted by molar-refractivity contribution is 6.26. The predicted molar refractivity (Wildman–Crippen MR) is 90.7 cm³/mol. The molecule has 2 rings (SSSR count). The minimum atomic E-state index is -1.86. The van der Waals surface area contributed by atoms with Gasteiger partial charge in [0.25, 0.3) is 0 Å². The lowest BCUT2D eigenvalue weighted by molar-refractivity contribution is -0.156. The molecule has 1 atom stereocenters. The van der Waals surface area contributed by atoms with Crippen molar-refractivity contribution in [3.8, 4) is 0 Å². The number of ether oxygens (including phenoxy) is 1. The fourth-order valence-electron chi connectivity index (χ4n) is 2.67. The molecular formula is C20H20O4. The Hall–Kier alpha value is -2.75. The molecule has 0 heterocycles.